The molecule has 0 aliphatic carbocycles. The lowest BCUT2D eigenvalue weighted by Gasteiger charge is -2.33. The zero-order valence-corrected chi connectivity index (χ0v) is 15.9. The minimum absolute atomic E-state index is 0.109. The predicted molar refractivity (Wildman–Crippen MR) is 102 cm³/mol. The summed E-state index contributed by atoms with van der Waals surface area (Å²) in [5.74, 6) is 1.46. The summed E-state index contributed by atoms with van der Waals surface area (Å²) in [6, 6.07) is 7.73. The highest BCUT2D eigenvalue weighted by atomic mass is 16.5. The Morgan fingerprint density at radius 1 is 1.24 bits per heavy atom. The summed E-state index contributed by atoms with van der Waals surface area (Å²) in [5.41, 5.74) is 6.70. The van der Waals surface area contributed by atoms with Gasteiger partial charge in [0.1, 0.15) is 12.4 Å². The Kier molecular flexibility index (Phi) is 7.72. The van der Waals surface area contributed by atoms with Crippen molar-refractivity contribution in [2.75, 3.05) is 39.3 Å². The molecule has 1 aliphatic rings. The molecule has 0 aromatic heterocycles. The van der Waals surface area contributed by atoms with Crippen LogP contribution < -0.4 is 10.5 Å². The number of carbonyl (C=O) groups is 1. The number of carbonyl (C=O) groups excluding carboxylic acids is 1. The van der Waals surface area contributed by atoms with Gasteiger partial charge in [0.2, 0.25) is 0 Å². The van der Waals surface area contributed by atoms with Crippen molar-refractivity contribution in [2.24, 2.45) is 11.7 Å². The van der Waals surface area contributed by atoms with Gasteiger partial charge in [-0.25, -0.2) is 0 Å². The fourth-order valence-electron chi connectivity index (χ4n) is 3.34. The van der Waals surface area contributed by atoms with E-state index >= 15 is 0 Å². The van der Waals surface area contributed by atoms with Crippen molar-refractivity contribution in [1.82, 2.24) is 9.80 Å². The molecule has 0 bridgehead atoms. The Bertz CT molecular complexity index is 518. The van der Waals surface area contributed by atoms with Crippen molar-refractivity contribution < 1.29 is 9.53 Å². The molecule has 1 heterocycles. The maximum absolute atomic E-state index is 12.6. The third kappa shape index (κ3) is 5.72. The molecule has 1 atom stereocenters. The van der Waals surface area contributed by atoms with Crippen molar-refractivity contribution in [3.63, 3.8) is 0 Å². The molecule has 140 valence electrons. The highest BCUT2D eigenvalue weighted by Crippen LogP contribution is 2.22. The molecule has 0 saturated carbocycles. The normalized spacial score (nSPS) is 16.9. The molecule has 1 unspecified atom stereocenters. The van der Waals surface area contributed by atoms with E-state index in [1.165, 1.54) is 0 Å². The summed E-state index contributed by atoms with van der Waals surface area (Å²) >= 11 is 0. The molecular weight excluding hydrogens is 314 g/mol. The first-order valence-corrected chi connectivity index (χ1v) is 9.55. The van der Waals surface area contributed by atoms with E-state index in [9.17, 15) is 4.79 Å². The van der Waals surface area contributed by atoms with Gasteiger partial charge in [-0.2, -0.15) is 0 Å². The fourth-order valence-corrected chi connectivity index (χ4v) is 3.34. The van der Waals surface area contributed by atoms with E-state index in [1.54, 1.807) is 0 Å². The Balaban J connectivity index is 1.82. The first-order chi connectivity index (χ1) is 12.0. The van der Waals surface area contributed by atoms with Gasteiger partial charge >= 0.3 is 0 Å². The summed E-state index contributed by atoms with van der Waals surface area (Å²) in [6.07, 6.45) is 1.99. The number of piperidine rings is 1. The van der Waals surface area contributed by atoms with E-state index in [2.05, 4.69) is 25.7 Å². The number of nitrogens with zero attached hydrogens (tertiary/aromatic N) is 2. The Hall–Kier alpha value is -1.59. The van der Waals surface area contributed by atoms with Crippen LogP contribution in [0, 0.1) is 5.92 Å². The summed E-state index contributed by atoms with van der Waals surface area (Å²) < 4.78 is 5.78. The summed E-state index contributed by atoms with van der Waals surface area (Å²) in [5, 5.41) is 0. The number of hydrogen-bond donors (Lipinski definition) is 1. The second kappa shape index (κ2) is 9.78. The van der Waals surface area contributed by atoms with Crippen LogP contribution in [0.2, 0.25) is 0 Å². The zero-order valence-electron chi connectivity index (χ0n) is 15.9. The predicted octanol–water partition coefficient (Wildman–Crippen LogP) is 2.61. The number of amides is 1. The maximum atomic E-state index is 12.6. The first-order valence-electron chi connectivity index (χ1n) is 9.55. The lowest BCUT2D eigenvalue weighted by atomic mass is 9.90. The quantitative estimate of drug-likeness (QED) is 0.785. The van der Waals surface area contributed by atoms with Gasteiger partial charge in [0.15, 0.2) is 0 Å². The molecule has 0 radical (unpaired) electrons. The van der Waals surface area contributed by atoms with Gasteiger partial charge in [-0.15, -0.1) is 0 Å². The minimum atomic E-state index is 0.109. The second-order valence-corrected chi connectivity index (χ2v) is 6.89. The molecular formula is C20H33N3O2. The number of benzene rings is 1. The summed E-state index contributed by atoms with van der Waals surface area (Å²) in [7, 11) is 0. The van der Waals surface area contributed by atoms with Crippen LogP contribution in [0.4, 0.5) is 0 Å². The van der Waals surface area contributed by atoms with Gasteiger partial charge in [-0.05, 0) is 63.0 Å². The number of rotatable bonds is 8. The van der Waals surface area contributed by atoms with Crippen molar-refractivity contribution >= 4 is 5.91 Å². The van der Waals surface area contributed by atoms with Gasteiger partial charge in [-0.3, -0.25) is 4.79 Å². The molecule has 25 heavy (non-hydrogen) atoms. The standard InChI is InChI=1S/C20H33N3O2/c1-4-22(5-2)14-15-25-19-8-6-18(7-9-19)20(24)23-12-10-17(11-13-23)16(3)21/h6-9,16-17H,4-5,10-15,21H2,1-3H3. The second-order valence-electron chi connectivity index (χ2n) is 6.89. The maximum Gasteiger partial charge on any atom is 0.253 e. The van der Waals surface area contributed by atoms with E-state index in [4.69, 9.17) is 10.5 Å². The largest absolute Gasteiger partial charge is 0.492 e. The Morgan fingerprint density at radius 2 is 1.84 bits per heavy atom. The average molecular weight is 348 g/mol. The number of ether oxygens (including phenoxy) is 1. The summed E-state index contributed by atoms with van der Waals surface area (Å²) in [4.78, 5) is 16.9. The molecule has 1 aliphatic heterocycles. The van der Waals surface area contributed by atoms with E-state index in [-0.39, 0.29) is 11.9 Å². The van der Waals surface area contributed by atoms with Gasteiger partial charge in [0, 0.05) is 31.2 Å². The van der Waals surface area contributed by atoms with Crippen LogP contribution in [0.3, 0.4) is 0 Å². The van der Waals surface area contributed by atoms with Crippen LogP contribution in [0.1, 0.15) is 44.0 Å². The monoisotopic (exact) mass is 347 g/mol. The molecule has 1 fully saturated rings. The van der Waals surface area contributed by atoms with Crippen molar-refractivity contribution in [3.8, 4) is 5.75 Å². The van der Waals surface area contributed by atoms with Crippen LogP contribution in [0.15, 0.2) is 24.3 Å². The number of hydrogen-bond acceptors (Lipinski definition) is 4. The van der Waals surface area contributed by atoms with Crippen molar-refractivity contribution in [3.05, 3.63) is 29.8 Å². The average Bonchev–Trinajstić information content (AvgIpc) is 2.65. The van der Waals surface area contributed by atoms with E-state index in [1.807, 2.05) is 29.2 Å². The van der Waals surface area contributed by atoms with Gasteiger partial charge in [0.05, 0.1) is 0 Å². The molecule has 1 amide bonds. The highest BCUT2D eigenvalue weighted by molar-refractivity contribution is 5.94. The third-order valence-electron chi connectivity index (χ3n) is 5.24. The van der Waals surface area contributed by atoms with E-state index in [0.29, 0.717) is 12.5 Å². The van der Waals surface area contributed by atoms with Crippen LogP contribution in [-0.2, 0) is 0 Å². The molecule has 0 spiro atoms. The SMILES string of the molecule is CCN(CC)CCOc1ccc(C(=O)N2CCC(C(C)N)CC2)cc1. The highest BCUT2D eigenvalue weighted by Gasteiger charge is 2.25. The first kappa shape index (κ1) is 19.7. The van der Waals surface area contributed by atoms with Gasteiger partial charge < -0.3 is 20.3 Å². The molecule has 2 rings (SSSR count). The fraction of sp³-hybridized carbons (Fsp3) is 0.650. The van der Waals surface area contributed by atoms with Crippen LogP contribution in [0.25, 0.3) is 0 Å². The van der Waals surface area contributed by atoms with E-state index in [0.717, 1.165) is 56.9 Å². The molecule has 1 aromatic carbocycles. The van der Waals surface area contributed by atoms with Crippen molar-refractivity contribution in [1.29, 1.82) is 0 Å². The van der Waals surface area contributed by atoms with Crippen LogP contribution in [0.5, 0.6) is 5.75 Å². The van der Waals surface area contributed by atoms with Crippen LogP contribution >= 0.6 is 0 Å². The lowest BCUT2D eigenvalue weighted by molar-refractivity contribution is 0.0681. The van der Waals surface area contributed by atoms with Gasteiger partial charge in [0.25, 0.3) is 5.91 Å². The topological polar surface area (TPSA) is 58.8 Å². The Morgan fingerprint density at radius 3 is 2.36 bits per heavy atom. The van der Waals surface area contributed by atoms with Crippen LogP contribution in [-0.4, -0.2) is 61.1 Å². The molecule has 1 saturated heterocycles. The van der Waals surface area contributed by atoms with Gasteiger partial charge in [-0.1, -0.05) is 13.8 Å². The number of likely N-dealkylation sites (N-methyl/N-ethyl adjacent to an activating group) is 1. The third-order valence-corrected chi connectivity index (χ3v) is 5.24. The Labute approximate surface area is 152 Å². The summed E-state index contributed by atoms with van der Waals surface area (Å²) in [6.45, 7) is 11.6. The lowest BCUT2D eigenvalue weighted by Crippen LogP contribution is -2.42. The zero-order chi connectivity index (χ0) is 18.2. The van der Waals surface area contributed by atoms with E-state index < -0.39 is 0 Å². The number of nitrogens with two attached hydrogens (primary N) is 1. The molecule has 1 aromatic rings. The number of likely N-dealkylation sites (tertiary alicyclic amines) is 1. The molecule has 2 N–H and O–H groups in total. The minimum Gasteiger partial charge on any atom is -0.492 e. The van der Waals surface area contributed by atoms with Crippen molar-refractivity contribution in [2.45, 2.75) is 39.7 Å². The smallest absolute Gasteiger partial charge is 0.253 e. The molecule has 5 nitrogen and oxygen atoms in total. The molecule has 5 heteroatoms.